The Morgan fingerprint density at radius 3 is 2.32 bits per heavy atom. The molecule has 0 saturated carbocycles. The molecule has 9 heteroatoms. The minimum Gasteiger partial charge on any atom is -0.464 e. The number of fused-ring (bicyclic) bond motifs is 1. The van der Waals surface area contributed by atoms with Gasteiger partial charge in [0.15, 0.2) is 0 Å². The maximum absolute atomic E-state index is 13.1. The third-order valence-electron chi connectivity index (χ3n) is 5.04. The summed E-state index contributed by atoms with van der Waals surface area (Å²) in [5, 5.41) is 5.30. The second-order valence-electron chi connectivity index (χ2n) is 7.07. The maximum Gasteiger partial charge on any atom is 0.344 e. The minimum atomic E-state index is -2.11. The van der Waals surface area contributed by atoms with Gasteiger partial charge in [0.05, 0.1) is 26.2 Å². The van der Waals surface area contributed by atoms with Crippen LogP contribution < -0.4 is 10.6 Å². The van der Waals surface area contributed by atoms with Gasteiger partial charge in [0, 0.05) is 23.9 Å². The summed E-state index contributed by atoms with van der Waals surface area (Å²) < 4.78 is 10.4. The largest absolute Gasteiger partial charge is 0.464 e. The van der Waals surface area contributed by atoms with Crippen molar-refractivity contribution in [3.63, 3.8) is 0 Å². The molecular weight excluding hydrogens is 402 g/mol. The Morgan fingerprint density at radius 2 is 1.71 bits per heavy atom. The Bertz CT molecular complexity index is 964. The molecule has 2 heterocycles. The Morgan fingerprint density at radius 1 is 1.06 bits per heavy atom. The van der Waals surface area contributed by atoms with E-state index in [9.17, 15) is 19.2 Å². The summed E-state index contributed by atoms with van der Waals surface area (Å²) >= 11 is 0. The van der Waals surface area contributed by atoms with Crippen LogP contribution in [-0.2, 0) is 43.2 Å². The smallest absolute Gasteiger partial charge is 0.344 e. The van der Waals surface area contributed by atoms with Crippen LogP contribution in [0.25, 0.3) is 0 Å². The molecule has 1 aliphatic rings. The number of aromatic nitrogens is 1. The van der Waals surface area contributed by atoms with E-state index >= 15 is 0 Å². The van der Waals surface area contributed by atoms with E-state index in [0.29, 0.717) is 17.7 Å². The van der Waals surface area contributed by atoms with E-state index < -0.39 is 23.4 Å². The monoisotopic (exact) mass is 427 g/mol. The highest BCUT2D eigenvalue weighted by Gasteiger charge is 2.51. The van der Waals surface area contributed by atoms with Gasteiger partial charge in [-0.3, -0.25) is 9.59 Å². The van der Waals surface area contributed by atoms with Gasteiger partial charge >= 0.3 is 11.9 Å². The number of carbonyl (C=O) groups excluding carboxylic acids is 4. The number of aromatic amines is 1. The lowest BCUT2D eigenvalue weighted by Gasteiger charge is -2.30. The molecule has 2 amide bonds. The Balaban J connectivity index is 2.04. The van der Waals surface area contributed by atoms with Crippen molar-refractivity contribution < 1.29 is 28.7 Å². The highest BCUT2D eigenvalue weighted by molar-refractivity contribution is 6.10. The van der Waals surface area contributed by atoms with Gasteiger partial charge < -0.3 is 25.1 Å². The minimum absolute atomic E-state index is 0.00878. The summed E-state index contributed by atoms with van der Waals surface area (Å²) in [6.07, 6.45) is 1.51. The standard InChI is InChI=1S/C22H25N3O6/c1-3-30-20(28)22(21(29)31-4-2,25-19(27)14-8-6-5-7-9-14)11-15-12-23-17-13-24-18(26)10-16(15)17/h5-9,12,23H,3-4,10-11,13H2,1-2H3,(H,24,26)(H,25,27). The zero-order valence-corrected chi connectivity index (χ0v) is 17.4. The van der Waals surface area contributed by atoms with Gasteiger partial charge in [0.2, 0.25) is 11.4 Å². The van der Waals surface area contributed by atoms with Crippen LogP contribution in [0.15, 0.2) is 36.5 Å². The van der Waals surface area contributed by atoms with E-state index in [1.807, 2.05) is 0 Å². The number of nitrogens with one attached hydrogen (secondary N) is 3. The first-order valence-corrected chi connectivity index (χ1v) is 10.1. The van der Waals surface area contributed by atoms with Crippen LogP contribution in [0.4, 0.5) is 0 Å². The zero-order chi connectivity index (χ0) is 22.4. The summed E-state index contributed by atoms with van der Waals surface area (Å²) in [4.78, 5) is 54.1. The summed E-state index contributed by atoms with van der Waals surface area (Å²) in [7, 11) is 0. The molecule has 1 aromatic carbocycles. The van der Waals surface area contributed by atoms with E-state index in [1.54, 1.807) is 50.4 Å². The second-order valence-corrected chi connectivity index (χ2v) is 7.07. The number of amides is 2. The van der Waals surface area contributed by atoms with Crippen molar-refractivity contribution in [2.45, 2.75) is 38.8 Å². The number of hydrogen-bond acceptors (Lipinski definition) is 6. The van der Waals surface area contributed by atoms with E-state index in [4.69, 9.17) is 9.47 Å². The zero-order valence-electron chi connectivity index (χ0n) is 17.4. The van der Waals surface area contributed by atoms with Crippen LogP contribution in [0.5, 0.6) is 0 Å². The van der Waals surface area contributed by atoms with E-state index in [-0.39, 0.29) is 37.5 Å². The lowest BCUT2D eigenvalue weighted by Crippen LogP contribution is -2.63. The normalized spacial score (nSPS) is 13.0. The SMILES string of the molecule is CCOC(=O)C(Cc1c[nH]c2c1CC(=O)NC2)(NC(=O)c1ccccc1)C(=O)OCC. The molecule has 0 saturated heterocycles. The van der Waals surface area contributed by atoms with Crippen molar-refractivity contribution in [1.82, 2.24) is 15.6 Å². The van der Waals surface area contributed by atoms with Crippen LogP contribution in [0.3, 0.4) is 0 Å². The molecule has 1 aliphatic heterocycles. The summed E-state index contributed by atoms with van der Waals surface area (Å²) in [6.45, 7) is 3.55. The van der Waals surface area contributed by atoms with Gasteiger partial charge in [-0.1, -0.05) is 18.2 Å². The van der Waals surface area contributed by atoms with E-state index in [0.717, 1.165) is 5.69 Å². The number of H-pyrrole nitrogens is 1. The number of ether oxygens (including phenoxy) is 2. The Labute approximate surface area is 179 Å². The molecule has 164 valence electrons. The maximum atomic E-state index is 13.1. The molecule has 0 spiro atoms. The lowest BCUT2D eigenvalue weighted by molar-refractivity contribution is -0.165. The molecule has 0 radical (unpaired) electrons. The number of rotatable bonds is 8. The Kier molecular flexibility index (Phi) is 6.74. The molecular formula is C22H25N3O6. The summed E-state index contributed by atoms with van der Waals surface area (Å²) in [5.74, 6) is -2.63. The number of hydrogen-bond donors (Lipinski definition) is 3. The molecule has 0 fully saturated rings. The van der Waals surface area contributed by atoms with Gasteiger partial charge in [-0.05, 0) is 37.1 Å². The van der Waals surface area contributed by atoms with Gasteiger partial charge in [-0.15, -0.1) is 0 Å². The molecule has 31 heavy (non-hydrogen) atoms. The van der Waals surface area contributed by atoms with Crippen molar-refractivity contribution in [2.24, 2.45) is 0 Å². The van der Waals surface area contributed by atoms with Crippen LogP contribution in [0, 0.1) is 0 Å². The molecule has 0 bridgehead atoms. The Hall–Kier alpha value is -3.62. The van der Waals surface area contributed by atoms with Crippen LogP contribution >= 0.6 is 0 Å². The van der Waals surface area contributed by atoms with E-state index in [2.05, 4.69) is 15.6 Å². The predicted molar refractivity (Wildman–Crippen MR) is 110 cm³/mol. The second kappa shape index (κ2) is 9.46. The summed E-state index contributed by atoms with van der Waals surface area (Å²) in [5.41, 5.74) is 0.194. The molecule has 0 aliphatic carbocycles. The van der Waals surface area contributed by atoms with Gasteiger partial charge in [-0.25, -0.2) is 9.59 Å². The molecule has 3 rings (SSSR count). The molecule has 0 unspecified atom stereocenters. The van der Waals surface area contributed by atoms with E-state index in [1.165, 1.54) is 0 Å². The first-order chi connectivity index (χ1) is 14.9. The van der Waals surface area contributed by atoms with Crippen LogP contribution in [0.1, 0.15) is 41.0 Å². The number of esters is 2. The number of carbonyl (C=O) groups is 4. The molecule has 2 aromatic rings. The van der Waals surface area contributed by atoms with Crippen molar-refractivity contribution in [2.75, 3.05) is 13.2 Å². The fraction of sp³-hybridized carbons (Fsp3) is 0.364. The lowest BCUT2D eigenvalue weighted by atomic mass is 9.88. The fourth-order valence-electron chi connectivity index (χ4n) is 3.51. The van der Waals surface area contributed by atoms with Crippen molar-refractivity contribution >= 4 is 23.8 Å². The predicted octanol–water partition coefficient (Wildman–Crippen LogP) is 1.02. The average molecular weight is 427 g/mol. The van der Waals surface area contributed by atoms with Gasteiger partial charge in [0.25, 0.3) is 5.91 Å². The third kappa shape index (κ3) is 4.60. The summed E-state index contributed by atoms with van der Waals surface area (Å²) in [6, 6.07) is 8.23. The topological polar surface area (TPSA) is 127 Å². The highest BCUT2D eigenvalue weighted by atomic mass is 16.6. The van der Waals surface area contributed by atoms with Gasteiger partial charge in [-0.2, -0.15) is 0 Å². The third-order valence-corrected chi connectivity index (χ3v) is 5.04. The molecule has 9 nitrogen and oxygen atoms in total. The van der Waals surface area contributed by atoms with Gasteiger partial charge in [0.1, 0.15) is 0 Å². The van der Waals surface area contributed by atoms with Crippen LogP contribution in [-0.4, -0.2) is 47.5 Å². The highest BCUT2D eigenvalue weighted by Crippen LogP contribution is 2.26. The van der Waals surface area contributed by atoms with Crippen molar-refractivity contribution in [1.29, 1.82) is 0 Å². The van der Waals surface area contributed by atoms with Crippen LogP contribution in [0.2, 0.25) is 0 Å². The number of benzene rings is 1. The average Bonchev–Trinajstić information content (AvgIpc) is 3.15. The molecule has 3 N–H and O–H groups in total. The first-order valence-electron chi connectivity index (χ1n) is 10.1. The quantitative estimate of drug-likeness (QED) is 0.427. The first kappa shape index (κ1) is 22.1. The fourth-order valence-corrected chi connectivity index (χ4v) is 3.51. The van der Waals surface area contributed by atoms with Crippen molar-refractivity contribution in [3.8, 4) is 0 Å². The molecule has 1 aromatic heterocycles. The molecule has 0 atom stereocenters. The van der Waals surface area contributed by atoms with Crippen molar-refractivity contribution in [3.05, 3.63) is 58.9 Å².